The van der Waals surface area contributed by atoms with Crippen LogP contribution in [0.2, 0.25) is 0 Å². The topological polar surface area (TPSA) is 18.5 Å². The van der Waals surface area contributed by atoms with Crippen molar-refractivity contribution in [2.45, 2.75) is 11.2 Å². The normalized spacial score (nSPS) is 11.0. The van der Waals surface area contributed by atoms with Crippen molar-refractivity contribution >= 4 is 11.8 Å². The van der Waals surface area contributed by atoms with Gasteiger partial charge in [-0.05, 0) is 12.1 Å². The average Bonchev–Trinajstić information content (AvgIpc) is 2.22. The molecule has 0 aliphatic carbocycles. The molecule has 0 aliphatic rings. The van der Waals surface area contributed by atoms with E-state index in [4.69, 9.17) is 9.47 Å². The van der Waals surface area contributed by atoms with E-state index in [1.54, 1.807) is 0 Å². The molecule has 0 saturated heterocycles. The third-order valence-electron chi connectivity index (χ3n) is 1.79. The van der Waals surface area contributed by atoms with Crippen molar-refractivity contribution in [2.75, 3.05) is 20.0 Å². The smallest absolute Gasteiger partial charge is 0.166 e. The Morgan fingerprint density at radius 3 is 2.47 bits per heavy atom. The molecule has 0 unspecified atom stereocenters. The van der Waals surface area contributed by atoms with Gasteiger partial charge >= 0.3 is 0 Å². The Morgan fingerprint density at radius 1 is 1.27 bits per heavy atom. The van der Waals surface area contributed by atoms with Crippen LogP contribution in [0.3, 0.4) is 0 Å². The molecule has 0 bridgehead atoms. The van der Waals surface area contributed by atoms with Gasteiger partial charge in [0.05, 0.1) is 0 Å². The lowest BCUT2D eigenvalue weighted by Crippen LogP contribution is -2.15. The Hall–Kier alpha value is -0.650. The van der Waals surface area contributed by atoms with E-state index in [0.29, 0.717) is 10.6 Å². The van der Waals surface area contributed by atoms with Crippen LogP contribution in [0.1, 0.15) is 0 Å². The number of hydrogen-bond acceptors (Lipinski definition) is 3. The van der Waals surface area contributed by atoms with Gasteiger partial charge < -0.3 is 9.47 Å². The Morgan fingerprint density at radius 2 is 1.93 bits per heavy atom. The molecule has 0 spiro atoms. The summed E-state index contributed by atoms with van der Waals surface area (Å²) in [6.07, 6.45) is -0.389. The molecule has 1 rings (SSSR count). The third-order valence-corrected chi connectivity index (χ3v) is 2.88. The van der Waals surface area contributed by atoms with E-state index in [2.05, 4.69) is 0 Å². The van der Waals surface area contributed by atoms with Gasteiger partial charge in [-0.1, -0.05) is 0 Å². The van der Waals surface area contributed by atoms with Gasteiger partial charge in [0.1, 0.15) is 11.6 Å². The third kappa shape index (κ3) is 3.77. The zero-order valence-electron chi connectivity index (χ0n) is 8.50. The molecule has 0 N–H and O–H groups in total. The highest BCUT2D eigenvalue weighted by molar-refractivity contribution is 7.99. The lowest BCUT2D eigenvalue weighted by atomic mass is 10.3. The minimum atomic E-state index is -0.577. The first kappa shape index (κ1) is 12.4. The number of rotatable bonds is 5. The first-order valence-electron chi connectivity index (χ1n) is 4.30. The van der Waals surface area contributed by atoms with Crippen LogP contribution in [0.15, 0.2) is 23.1 Å². The van der Waals surface area contributed by atoms with E-state index < -0.39 is 11.6 Å². The molecule has 0 amide bonds. The minimum Gasteiger partial charge on any atom is -0.355 e. The SMILES string of the molecule is COC(CSc1ccc(F)cc1F)OC. The molecule has 5 heteroatoms. The number of benzene rings is 1. The molecule has 84 valence electrons. The van der Waals surface area contributed by atoms with Gasteiger partial charge in [0.2, 0.25) is 0 Å². The molecule has 0 radical (unpaired) electrons. The van der Waals surface area contributed by atoms with E-state index in [1.165, 1.54) is 38.1 Å². The average molecular weight is 234 g/mol. The largest absolute Gasteiger partial charge is 0.355 e. The van der Waals surface area contributed by atoms with Gasteiger partial charge in [0.25, 0.3) is 0 Å². The molecule has 0 saturated carbocycles. The Labute approximate surface area is 91.6 Å². The predicted octanol–water partition coefficient (Wildman–Crippen LogP) is 2.68. The van der Waals surface area contributed by atoms with Crippen LogP contribution in [-0.4, -0.2) is 26.3 Å². The van der Waals surface area contributed by atoms with Crippen molar-refractivity contribution in [1.29, 1.82) is 0 Å². The van der Waals surface area contributed by atoms with Gasteiger partial charge in [-0.3, -0.25) is 0 Å². The maximum absolute atomic E-state index is 13.2. The van der Waals surface area contributed by atoms with Crippen LogP contribution in [0.25, 0.3) is 0 Å². The van der Waals surface area contributed by atoms with E-state index in [9.17, 15) is 8.78 Å². The molecule has 0 aromatic heterocycles. The maximum Gasteiger partial charge on any atom is 0.166 e. The van der Waals surface area contributed by atoms with Crippen LogP contribution in [0, 0.1) is 11.6 Å². The number of hydrogen-bond donors (Lipinski definition) is 0. The molecule has 2 nitrogen and oxygen atoms in total. The summed E-state index contributed by atoms with van der Waals surface area (Å²) in [6.45, 7) is 0. The molecule has 1 aromatic rings. The van der Waals surface area contributed by atoms with Crippen molar-refractivity contribution in [1.82, 2.24) is 0 Å². The fourth-order valence-electron chi connectivity index (χ4n) is 0.982. The maximum atomic E-state index is 13.2. The van der Waals surface area contributed by atoms with Crippen molar-refractivity contribution in [3.63, 3.8) is 0 Å². The summed E-state index contributed by atoms with van der Waals surface area (Å²) in [5, 5.41) is 0. The fraction of sp³-hybridized carbons (Fsp3) is 0.400. The molecule has 15 heavy (non-hydrogen) atoms. The molecule has 0 aliphatic heterocycles. The summed E-state index contributed by atoms with van der Waals surface area (Å²) >= 11 is 1.22. The molecular formula is C10H12F2O2S. The second-order valence-corrected chi connectivity index (χ2v) is 3.85. The lowest BCUT2D eigenvalue weighted by molar-refractivity contribution is -0.0842. The van der Waals surface area contributed by atoms with Crippen LogP contribution in [0.5, 0.6) is 0 Å². The van der Waals surface area contributed by atoms with Crippen molar-refractivity contribution < 1.29 is 18.3 Å². The van der Waals surface area contributed by atoms with Crippen LogP contribution in [0.4, 0.5) is 8.78 Å². The number of methoxy groups -OCH3 is 2. The molecule has 0 atom stereocenters. The van der Waals surface area contributed by atoms with Crippen molar-refractivity contribution in [2.24, 2.45) is 0 Å². The first-order chi connectivity index (χ1) is 7.17. The number of halogens is 2. The first-order valence-corrected chi connectivity index (χ1v) is 5.29. The Kier molecular flexibility index (Phi) is 5.01. The van der Waals surface area contributed by atoms with E-state index in [-0.39, 0.29) is 6.29 Å². The van der Waals surface area contributed by atoms with E-state index in [0.717, 1.165) is 6.07 Å². The second-order valence-electron chi connectivity index (χ2n) is 2.79. The Balaban J connectivity index is 2.57. The van der Waals surface area contributed by atoms with Crippen molar-refractivity contribution in [3.05, 3.63) is 29.8 Å². The summed E-state index contributed by atoms with van der Waals surface area (Å²) in [4.78, 5) is 0.385. The number of thioether (sulfide) groups is 1. The highest BCUT2D eigenvalue weighted by atomic mass is 32.2. The monoisotopic (exact) mass is 234 g/mol. The molecule has 0 fully saturated rings. The van der Waals surface area contributed by atoms with Crippen LogP contribution in [-0.2, 0) is 9.47 Å². The predicted molar refractivity (Wildman–Crippen MR) is 54.9 cm³/mol. The molecule has 1 aromatic carbocycles. The highest BCUT2D eigenvalue weighted by Gasteiger charge is 2.09. The lowest BCUT2D eigenvalue weighted by Gasteiger charge is -2.12. The molecular weight excluding hydrogens is 222 g/mol. The zero-order chi connectivity index (χ0) is 11.3. The standard InChI is InChI=1S/C10H12F2O2S/c1-13-10(14-2)6-15-9-4-3-7(11)5-8(9)12/h3-5,10H,6H2,1-2H3. The summed E-state index contributed by atoms with van der Waals surface area (Å²) < 4.78 is 35.6. The van der Waals surface area contributed by atoms with Crippen LogP contribution < -0.4 is 0 Å². The van der Waals surface area contributed by atoms with Gasteiger partial charge in [0, 0.05) is 30.9 Å². The Bertz CT molecular complexity index is 316. The quantitative estimate of drug-likeness (QED) is 0.576. The number of ether oxygens (including phenoxy) is 2. The van der Waals surface area contributed by atoms with Gasteiger partial charge in [0.15, 0.2) is 6.29 Å². The van der Waals surface area contributed by atoms with Gasteiger partial charge in [-0.15, -0.1) is 11.8 Å². The highest BCUT2D eigenvalue weighted by Crippen LogP contribution is 2.23. The summed E-state index contributed by atoms with van der Waals surface area (Å²) in [6, 6.07) is 3.48. The van der Waals surface area contributed by atoms with Crippen LogP contribution >= 0.6 is 11.8 Å². The summed E-state index contributed by atoms with van der Waals surface area (Å²) in [5.41, 5.74) is 0. The summed E-state index contributed by atoms with van der Waals surface area (Å²) in [5.74, 6) is -0.687. The van der Waals surface area contributed by atoms with Crippen molar-refractivity contribution in [3.8, 4) is 0 Å². The van der Waals surface area contributed by atoms with Gasteiger partial charge in [-0.2, -0.15) is 0 Å². The second kappa shape index (κ2) is 6.05. The molecule has 0 heterocycles. The fourth-order valence-corrected chi connectivity index (χ4v) is 1.93. The van der Waals surface area contributed by atoms with E-state index in [1.807, 2.05) is 0 Å². The summed E-state index contributed by atoms with van der Waals surface area (Å²) in [7, 11) is 3.02. The van der Waals surface area contributed by atoms with Gasteiger partial charge in [-0.25, -0.2) is 8.78 Å². The minimum absolute atomic E-state index is 0.385. The zero-order valence-corrected chi connectivity index (χ0v) is 9.31. The van der Waals surface area contributed by atoms with E-state index >= 15 is 0 Å².